The molecular formula is C27H31NO10. The zero-order valence-electron chi connectivity index (χ0n) is 21.6. The van der Waals surface area contributed by atoms with Crippen LogP contribution in [-0.4, -0.2) is 54.7 Å². The molecule has 0 aromatic heterocycles. The van der Waals surface area contributed by atoms with Crippen LogP contribution in [0.4, 0.5) is 4.79 Å². The Morgan fingerprint density at radius 1 is 0.763 bits per heavy atom. The van der Waals surface area contributed by atoms with E-state index < -0.39 is 54.7 Å². The fourth-order valence-corrected chi connectivity index (χ4v) is 3.83. The summed E-state index contributed by atoms with van der Waals surface area (Å²) in [5.41, 5.74) is 1.65. The minimum atomic E-state index is -1.21. The lowest BCUT2D eigenvalue weighted by Crippen LogP contribution is -2.62. The molecule has 1 heterocycles. The summed E-state index contributed by atoms with van der Waals surface area (Å²) >= 11 is 0. The summed E-state index contributed by atoms with van der Waals surface area (Å²) in [6.07, 6.45) is -5.85. The molecule has 11 nitrogen and oxygen atoms in total. The molecule has 5 atom stereocenters. The standard InChI is InChI=1S/C27H31NO10/c1-16-23(35-17(2)29)24(36-18(3)30)25(37-19(4)31)26(34-16)38-22-12-10-20(11-13-22)14-28-27(32)33-15-21-8-6-5-7-9-21/h5-13,16,23-26H,14-15H2,1-4H3,(H,28,32)/t16-,23-,24+,25+,26-/m0/s1. The summed E-state index contributed by atoms with van der Waals surface area (Å²) in [5, 5.41) is 2.67. The van der Waals surface area contributed by atoms with Crippen molar-refractivity contribution in [3.05, 3.63) is 65.7 Å². The van der Waals surface area contributed by atoms with E-state index in [0.717, 1.165) is 11.1 Å². The zero-order valence-corrected chi connectivity index (χ0v) is 21.6. The molecule has 1 aliphatic heterocycles. The highest BCUT2D eigenvalue weighted by Gasteiger charge is 2.51. The molecule has 2 aromatic rings. The van der Waals surface area contributed by atoms with Gasteiger partial charge >= 0.3 is 24.0 Å². The lowest BCUT2D eigenvalue weighted by atomic mass is 9.99. The highest BCUT2D eigenvalue weighted by molar-refractivity contribution is 5.68. The summed E-state index contributed by atoms with van der Waals surface area (Å²) in [7, 11) is 0. The van der Waals surface area contributed by atoms with E-state index in [1.807, 2.05) is 30.3 Å². The SMILES string of the molecule is CC(=O)O[C@@H]1[C@@H](OC(C)=O)[C@H](C)O[C@@H](Oc2ccc(CNC(=O)OCc3ccccc3)cc2)[C@@H]1OC(C)=O. The Bertz CT molecular complexity index is 1100. The summed E-state index contributed by atoms with van der Waals surface area (Å²) in [5.74, 6) is -1.57. The number of esters is 3. The Hall–Kier alpha value is -4.12. The fraction of sp³-hybridized carbons (Fsp3) is 0.407. The van der Waals surface area contributed by atoms with Crippen molar-refractivity contribution in [2.75, 3.05) is 0 Å². The van der Waals surface area contributed by atoms with Gasteiger partial charge in [0.15, 0.2) is 12.2 Å². The van der Waals surface area contributed by atoms with Crippen molar-refractivity contribution in [2.45, 2.75) is 71.6 Å². The second kappa shape index (κ2) is 13.4. The van der Waals surface area contributed by atoms with Crippen molar-refractivity contribution in [3.8, 4) is 5.75 Å². The van der Waals surface area contributed by atoms with Crippen molar-refractivity contribution in [2.24, 2.45) is 0 Å². The maximum absolute atomic E-state index is 12.0. The van der Waals surface area contributed by atoms with Crippen molar-refractivity contribution >= 4 is 24.0 Å². The van der Waals surface area contributed by atoms with Crippen LogP contribution in [0.25, 0.3) is 0 Å². The van der Waals surface area contributed by atoms with Crippen LogP contribution in [0, 0.1) is 0 Å². The summed E-state index contributed by atoms with van der Waals surface area (Å²) < 4.78 is 33.0. The highest BCUT2D eigenvalue weighted by Crippen LogP contribution is 2.30. The van der Waals surface area contributed by atoms with E-state index in [0.29, 0.717) is 5.75 Å². The third-order valence-corrected chi connectivity index (χ3v) is 5.46. The molecule has 1 fully saturated rings. The number of hydrogen-bond donors (Lipinski definition) is 1. The van der Waals surface area contributed by atoms with Gasteiger partial charge in [0, 0.05) is 27.3 Å². The van der Waals surface area contributed by atoms with Crippen LogP contribution in [-0.2, 0) is 51.2 Å². The van der Waals surface area contributed by atoms with E-state index in [2.05, 4.69) is 5.32 Å². The number of carbonyl (C=O) groups is 4. The van der Waals surface area contributed by atoms with Gasteiger partial charge in [-0.25, -0.2) is 4.79 Å². The van der Waals surface area contributed by atoms with Gasteiger partial charge in [-0.15, -0.1) is 0 Å². The van der Waals surface area contributed by atoms with E-state index in [1.165, 1.54) is 20.8 Å². The van der Waals surface area contributed by atoms with E-state index in [4.69, 9.17) is 28.4 Å². The van der Waals surface area contributed by atoms with Gasteiger partial charge in [-0.05, 0) is 30.2 Å². The fourth-order valence-electron chi connectivity index (χ4n) is 3.83. The van der Waals surface area contributed by atoms with E-state index in [1.54, 1.807) is 31.2 Å². The predicted molar refractivity (Wildman–Crippen MR) is 132 cm³/mol. The maximum atomic E-state index is 12.0. The number of hydrogen-bond acceptors (Lipinski definition) is 10. The van der Waals surface area contributed by atoms with Crippen LogP contribution >= 0.6 is 0 Å². The average Bonchev–Trinajstić information content (AvgIpc) is 2.86. The molecule has 1 aliphatic rings. The monoisotopic (exact) mass is 529 g/mol. The lowest BCUT2D eigenvalue weighted by molar-refractivity contribution is -0.280. The van der Waals surface area contributed by atoms with Gasteiger partial charge in [0.05, 0.1) is 6.10 Å². The number of alkyl carbamates (subject to hydrolysis) is 1. The first-order valence-electron chi connectivity index (χ1n) is 12.0. The molecule has 0 saturated carbocycles. The van der Waals surface area contributed by atoms with Crippen LogP contribution < -0.4 is 10.1 Å². The second-order valence-corrected chi connectivity index (χ2v) is 8.61. The number of rotatable bonds is 9. The number of ether oxygens (including phenoxy) is 6. The topological polar surface area (TPSA) is 136 Å². The Morgan fingerprint density at radius 2 is 1.34 bits per heavy atom. The number of amides is 1. The summed E-state index contributed by atoms with van der Waals surface area (Å²) in [6.45, 7) is 5.59. The lowest BCUT2D eigenvalue weighted by Gasteiger charge is -2.43. The first-order chi connectivity index (χ1) is 18.1. The molecule has 1 saturated heterocycles. The molecule has 204 valence electrons. The van der Waals surface area contributed by atoms with Crippen LogP contribution in [0.1, 0.15) is 38.8 Å². The van der Waals surface area contributed by atoms with Gasteiger partial charge in [-0.3, -0.25) is 14.4 Å². The summed E-state index contributed by atoms with van der Waals surface area (Å²) in [6, 6.07) is 16.1. The number of carbonyl (C=O) groups excluding carboxylic acids is 4. The van der Waals surface area contributed by atoms with Gasteiger partial charge in [-0.1, -0.05) is 42.5 Å². The minimum Gasteiger partial charge on any atom is -0.461 e. The highest BCUT2D eigenvalue weighted by atomic mass is 16.7. The molecule has 0 unspecified atom stereocenters. The number of nitrogens with one attached hydrogen (secondary N) is 1. The van der Waals surface area contributed by atoms with Gasteiger partial charge in [-0.2, -0.15) is 0 Å². The Balaban J connectivity index is 1.63. The molecular weight excluding hydrogens is 498 g/mol. The third kappa shape index (κ3) is 8.48. The van der Waals surface area contributed by atoms with Crippen LogP contribution in [0.3, 0.4) is 0 Å². The van der Waals surface area contributed by atoms with Crippen LogP contribution in [0.5, 0.6) is 5.75 Å². The first kappa shape index (κ1) is 28.5. The molecule has 1 N–H and O–H groups in total. The molecule has 11 heteroatoms. The molecule has 1 amide bonds. The Morgan fingerprint density at radius 3 is 1.95 bits per heavy atom. The smallest absolute Gasteiger partial charge is 0.407 e. The predicted octanol–water partition coefficient (Wildman–Crippen LogP) is 3.03. The third-order valence-electron chi connectivity index (χ3n) is 5.46. The molecule has 3 rings (SSSR count). The molecule has 0 aliphatic carbocycles. The molecule has 0 spiro atoms. The van der Waals surface area contributed by atoms with Gasteiger partial charge < -0.3 is 33.7 Å². The quantitative estimate of drug-likeness (QED) is 0.381. The van der Waals surface area contributed by atoms with Gasteiger partial charge in [0.2, 0.25) is 12.4 Å². The van der Waals surface area contributed by atoms with Crippen molar-refractivity contribution < 1.29 is 47.6 Å². The Labute approximate surface area is 220 Å². The normalized spacial score (nSPS) is 22.5. The van der Waals surface area contributed by atoms with Crippen LogP contribution in [0.2, 0.25) is 0 Å². The van der Waals surface area contributed by atoms with Crippen molar-refractivity contribution in [1.82, 2.24) is 5.32 Å². The largest absolute Gasteiger partial charge is 0.461 e. The maximum Gasteiger partial charge on any atom is 0.407 e. The molecule has 0 radical (unpaired) electrons. The van der Waals surface area contributed by atoms with E-state index in [9.17, 15) is 19.2 Å². The summed E-state index contributed by atoms with van der Waals surface area (Å²) in [4.78, 5) is 47.2. The van der Waals surface area contributed by atoms with Gasteiger partial charge in [0.1, 0.15) is 12.4 Å². The van der Waals surface area contributed by atoms with Crippen molar-refractivity contribution in [3.63, 3.8) is 0 Å². The number of benzene rings is 2. The van der Waals surface area contributed by atoms with E-state index in [-0.39, 0.29) is 13.2 Å². The molecule has 0 bridgehead atoms. The van der Waals surface area contributed by atoms with E-state index >= 15 is 0 Å². The Kier molecular flexibility index (Phi) is 10.1. The molecule has 2 aromatic carbocycles. The zero-order chi connectivity index (χ0) is 27.7. The minimum absolute atomic E-state index is 0.162. The first-order valence-corrected chi connectivity index (χ1v) is 12.0. The second-order valence-electron chi connectivity index (χ2n) is 8.61. The van der Waals surface area contributed by atoms with Gasteiger partial charge in [0.25, 0.3) is 0 Å². The van der Waals surface area contributed by atoms with Crippen LogP contribution in [0.15, 0.2) is 54.6 Å². The van der Waals surface area contributed by atoms with Crippen molar-refractivity contribution in [1.29, 1.82) is 0 Å². The molecule has 38 heavy (non-hydrogen) atoms. The average molecular weight is 530 g/mol.